The summed E-state index contributed by atoms with van der Waals surface area (Å²) in [4.78, 5) is 12.0. The number of nitrogens with one attached hydrogen (secondary N) is 2. The van der Waals surface area contributed by atoms with Gasteiger partial charge in [0, 0.05) is 5.02 Å². The third kappa shape index (κ3) is 3.80. The second-order valence-corrected chi connectivity index (χ2v) is 5.57. The SMILES string of the molecule is Cc1cc(N)c(NC(=O)Nc2cc(Cl)ccc2Cl)cc1C. The molecule has 4 N–H and O–H groups in total. The Morgan fingerprint density at radius 3 is 2.33 bits per heavy atom. The number of hydrogen-bond donors (Lipinski definition) is 3. The van der Waals surface area contributed by atoms with E-state index < -0.39 is 6.03 Å². The molecular weight excluding hydrogens is 309 g/mol. The first-order valence-electron chi connectivity index (χ1n) is 6.26. The highest BCUT2D eigenvalue weighted by Crippen LogP contribution is 2.26. The van der Waals surface area contributed by atoms with Crippen LogP contribution in [0, 0.1) is 13.8 Å². The van der Waals surface area contributed by atoms with Gasteiger partial charge in [0.2, 0.25) is 0 Å². The molecule has 0 unspecified atom stereocenters. The van der Waals surface area contributed by atoms with Crippen LogP contribution in [0.5, 0.6) is 0 Å². The predicted octanol–water partition coefficient (Wildman–Crippen LogP) is 4.84. The third-order valence-corrected chi connectivity index (χ3v) is 3.66. The second kappa shape index (κ2) is 6.24. The van der Waals surface area contributed by atoms with Gasteiger partial charge in [-0.2, -0.15) is 0 Å². The first kappa shape index (κ1) is 15.5. The fraction of sp³-hybridized carbons (Fsp3) is 0.133. The molecule has 2 amide bonds. The zero-order valence-corrected chi connectivity index (χ0v) is 13.1. The highest BCUT2D eigenvalue weighted by molar-refractivity contribution is 6.35. The molecule has 0 radical (unpaired) electrons. The van der Waals surface area contributed by atoms with Gasteiger partial charge in [-0.15, -0.1) is 0 Å². The van der Waals surface area contributed by atoms with E-state index in [2.05, 4.69) is 10.6 Å². The minimum atomic E-state index is -0.436. The van der Waals surface area contributed by atoms with Crippen LogP contribution in [-0.4, -0.2) is 6.03 Å². The number of nitrogen functional groups attached to an aromatic ring is 1. The van der Waals surface area contributed by atoms with Gasteiger partial charge in [-0.25, -0.2) is 4.79 Å². The van der Waals surface area contributed by atoms with E-state index in [1.54, 1.807) is 18.2 Å². The van der Waals surface area contributed by atoms with Crippen molar-refractivity contribution in [1.29, 1.82) is 0 Å². The molecule has 6 heteroatoms. The Balaban J connectivity index is 2.15. The van der Waals surface area contributed by atoms with Crippen molar-refractivity contribution < 1.29 is 4.79 Å². The Labute approximate surface area is 133 Å². The monoisotopic (exact) mass is 323 g/mol. The minimum absolute atomic E-state index is 0.405. The van der Waals surface area contributed by atoms with E-state index in [-0.39, 0.29) is 0 Å². The lowest BCUT2D eigenvalue weighted by molar-refractivity contribution is 0.262. The molecule has 0 saturated heterocycles. The number of amides is 2. The summed E-state index contributed by atoms with van der Waals surface area (Å²) >= 11 is 11.9. The molecule has 0 aliphatic heterocycles. The van der Waals surface area contributed by atoms with Crippen molar-refractivity contribution in [2.24, 2.45) is 0 Å². The Kier molecular flexibility index (Phi) is 4.60. The normalized spacial score (nSPS) is 10.3. The van der Waals surface area contributed by atoms with Gasteiger partial charge >= 0.3 is 6.03 Å². The Bertz CT molecular complexity index is 702. The van der Waals surface area contributed by atoms with Crippen LogP contribution in [-0.2, 0) is 0 Å². The molecule has 2 rings (SSSR count). The van der Waals surface area contributed by atoms with Crippen molar-refractivity contribution in [1.82, 2.24) is 0 Å². The van der Waals surface area contributed by atoms with Gasteiger partial charge in [0.25, 0.3) is 0 Å². The molecule has 4 nitrogen and oxygen atoms in total. The summed E-state index contributed by atoms with van der Waals surface area (Å²) in [6.45, 7) is 3.91. The van der Waals surface area contributed by atoms with Crippen LogP contribution in [0.3, 0.4) is 0 Å². The smallest absolute Gasteiger partial charge is 0.323 e. The van der Waals surface area contributed by atoms with Crippen LogP contribution < -0.4 is 16.4 Å². The zero-order valence-electron chi connectivity index (χ0n) is 11.6. The van der Waals surface area contributed by atoms with Gasteiger partial charge in [-0.3, -0.25) is 0 Å². The topological polar surface area (TPSA) is 67.1 Å². The van der Waals surface area contributed by atoms with E-state index in [0.717, 1.165) is 11.1 Å². The lowest BCUT2D eigenvalue weighted by Crippen LogP contribution is -2.20. The molecule has 21 heavy (non-hydrogen) atoms. The highest BCUT2D eigenvalue weighted by atomic mass is 35.5. The number of anilines is 3. The molecule has 0 saturated carbocycles. The van der Waals surface area contributed by atoms with Gasteiger partial charge in [0.05, 0.1) is 22.1 Å². The fourth-order valence-corrected chi connectivity index (χ4v) is 2.15. The van der Waals surface area contributed by atoms with E-state index in [1.165, 1.54) is 0 Å². The standard InChI is InChI=1S/C15H15Cl2N3O/c1-8-5-12(18)14(6-9(8)2)20-15(21)19-13-7-10(16)3-4-11(13)17/h3-7H,18H2,1-2H3,(H2,19,20,21). The largest absolute Gasteiger partial charge is 0.397 e. The number of carbonyl (C=O) groups is 1. The molecule has 0 aliphatic carbocycles. The van der Waals surface area contributed by atoms with E-state index in [4.69, 9.17) is 28.9 Å². The molecule has 0 aromatic heterocycles. The molecule has 2 aromatic carbocycles. The minimum Gasteiger partial charge on any atom is -0.397 e. The molecule has 0 bridgehead atoms. The summed E-state index contributed by atoms with van der Waals surface area (Å²) in [6.07, 6.45) is 0. The van der Waals surface area contributed by atoms with E-state index in [1.807, 2.05) is 26.0 Å². The first-order valence-corrected chi connectivity index (χ1v) is 7.02. The fourth-order valence-electron chi connectivity index (χ4n) is 1.82. The average Bonchev–Trinajstić information content (AvgIpc) is 2.40. The van der Waals surface area contributed by atoms with Crippen molar-refractivity contribution in [3.05, 3.63) is 51.5 Å². The lowest BCUT2D eigenvalue weighted by atomic mass is 10.1. The Morgan fingerprint density at radius 2 is 1.62 bits per heavy atom. The molecule has 0 atom stereocenters. The first-order chi connectivity index (χ1) is 9.86. The van der Waals surface area contributed by atoms with Crippen LogP contribution in [0.15, 0.2) is 30.3 Å². The summed E-state index contributed by atoms with van der Waals surface area (Å²) in [5.41, 5.74) is 9.49. The van der Waals surface area contributed by atoms with E-state index in [0.29, 0.717) is 27.1 Å². The summed E-state index contributed by atoms with van der Waals surface area (Å²) < 4.78 is 0. The van der Waals surface area contributed by atoms with Gasteiger partial charge in [0.15, 0.2) is 0 Å². The van der Waals surface area contributed by atoms with Crippen LogP contribution in [0.2, 0.25) is 10.0 Å². The summed E-state index contributed by atoms with van der Waals surface area (Å²) in [6, 6.07) is 8.04. The average molecular weight is 324 g/mol. The van der Waals surface area contributed by atoms with Gasteiger partial charge in [-0.05, 0) is 55.3 Å². The van der Waals surface area contributed by atoms with Crippen molar-refractivity contribution in [2.45, 2.75) is 13.8 Å². The summed E-state index contributed by atoms with van der Waals surface area (Å²) in [7, 11) is 0. The number of halogens is 2. The van der Waals surface area contributed by atoms with Crippen LogP contribution in [0.1, 0.15) is 11.1 Å². The molecule has 110 valence electrons. The van der Waals surface area contributed by atoms with E-state index >= 15 is 0 Å². The number of urea groups is 1. The number of carbonyl (C=O) groups excluding carboxylic acids is 1. The molecule has 0 aliphatic rings. The molecule has 2 aromatic rings. The van der Waals surface area contributed by atoms with Crippen LogP contribution >= 0.6 is 23.2 Å². The van der Waals surface area contributed by atoms with Crippen LogP contribution in [0.25, 0.3) is 0 Å². The summed E-state index contributed by atoms with van der Waals surface area (Å²) in [5, 5.41) is 6.23. The second-order valence-electron chi connectivity index (χ2n) is 4.73. The van der Waals surface area contributed by atoms with Gasteiger partial charge in [0.1, 0.15) is 0 Å². The van der Waals surface area contributed by atoms with Crippen molar-refractivity contribution in [2.75, 3.05) is 16.4 Å². The van der Waals surface area contributed by atoms with E-state index in [9.17, 15) is 4.79 Å². The maximum atomic E-state index is 12.0. The summed E-state index contributed by atoms with van der Waals surface area (Å²) in [5.74, 6) is 0. The molecule has 0 fully saturated rings. The molecule has 0 spiro atoms. The lowest BCUT2D eigenvalue weighted by Gasteiger charge is -2.13. The Hall–Kier alpha value is -1.91. The zero-order chi connectivity index (χ0) is 15.6. The van der Waals surface area contributed by atoms with Gasteiger partial charge < -0.3 is 16.4 Å². The number of hydrogen-bond acceptors (Lipinski definition) is 2. The van der Waals surface area contributed by atoms with Gasteiger partial charge in [-0.1, -0.05) is 23.2 Å². The maximum Gasteiger partial charge on any atom is 0.323 e. The quantitative estimate of drug-likeness (QED) is 0.692. The van der Waals surface area contributed by atoms with Crippen LogP contribution in [0.4, 0.5) is 21.9 Å². The van der Waals surface area contributed by atoms with Crippen molar-refractivity contribution >= 4 is 46.3 Å². The molecule has 0 heterocycles. The number of rotatable bonds is 2. The number of benzene rings is 2. The number of nitrogens with two attached hydrogens (primary N) is 1. The van der Waals surface area contributed by atoms with Crippen molar-refractivity contribution in [3.8, 4) is 0 Å². The number of aryl methyl sites for hydroxylation is 2. The molecular formula is C15H15Cl2N3O. The Morgan fingerprint density at radius 1 is 1.00 bits per heavy atom. The third-order valence-electron chi connectivity index (χ3n) is 3.09. The maximum absolute atomic E-state index is 12.0. The highest BCUT2D eigenvalue weighted by Gasteiger charge is 2.09. The van der Waals surface area contributed by atoms with Crippen molar-refractivity contribution in [3.63, 3.8) is 0 Å². The predicted molar refractivity (Wildman–Crippen MR) is 89.4 cm³/mol.